The summed E-state index contributed by atoms with van der Waals surface area (Å²) < 4.78 is 37.5. The molecule has 0 aromatic heterocycles. The van der Waals surface area contributed by atoms with Gasteiger partial charge in [-0.25, -0.2) is 0 Å². The number of hydrogen-bond donors (Lipinski definition) is 1. The zero-order valence-corrected chi connectivity index (χ0v) is 10.4. The summed E-state index contributed by atoms with van der Waals surface area (Å²) in [5.74, 6) is 0.198. The molecule has 2 bridgehead atoms. The van der Waals surface area contributed by atoms with E-state index in [1.54, 1.807) is 0 Å². The van der Waals surface area contributed by atoms with Crippen molar-refractivity contribution in [2.45, 2.75) is 43.2 Å². The third-order valence-electron chi connectivity index (χ3n) is 3.98. The van der Waals surface area contributed by atoms with Crippen LogP contribution in [-0.4, -0.2) is 28.5 Å². The van der Waals surface area contributed by atoms with E-state index < -0.39 is 17.3 Å². The third-order valence-corrected chi connectivity index (χ3v) is 5.13. The SMILES string of the molecule is O=C1NC(=N[C@H]2C[C@H]3CC[C@H]2C3)SC1C(F)(F)F. The topological polar surface area (TPSA) is 41.5 Å². The van der Waals surface area contributed by atoms with Gasteiger partial charge in [0.05, 0.1) is 6.04 Å². The van der Waals surface area contributed by atoms with Crippen LogP contribution in [0.25, 0.3) is 0 Å². The van der Waals surface area contributed by atoms with Gasteiger partial charge >= 0.3 is 6.18 Å². The number of alkyl halides is 3. The van der Waals surface area contributed by atoms with Gasteiger partial charge in [0.1, 0.15) is 0 Å². The lowest BCUT2D eigenvalue weighted by atomic mass is 9.96. The maximum Gasteiger partial charge on any atom is 0.409 e. The summed E-state index contributed by atoms with van der Waals surface area (Å²) in [6, 6.07) is 0.110. The highest BCUT2D eigenvalue weighted by molar-refractivity contribution is 8.15. The molecule has 7 heteroatoms. The molecule has 2 saturated carbocycles. The lowest BCUT2D eigenvalue weighted by molar-refractivity contribution is -0.148. The molecule has 1 aliphatic heterocycles. The van der Waals surface area contributed by atoms with Crippen LogP contribution in [0.2, 0.25) is 0 Å². The second kappa shape index (κ2) is 4.15. The van der Waals surface area contributed by atoms with Crippen molar-refractivity contribution in [3.05, 3.63) is 0 Å². The molecule has 0 aromatic rings. The fraction of sp³-hybridized carbons (Fsp3) is 0.818. The van der Waals surface area contributed by atoms with Gasteiger partial charge in [-0.15, -0.1) is 0 Å². The number of fused-ring (bicyclic) bond motifs is 2. The number of amidine groups is 1. The lowest BCUT2D eigenvalue weighted by Crippen LogP contribution is -2.35. The summed E-state index contributed by atoms with van der Waals surface area (Å²) in [5, 5.41) is 0.413. The van der Waals surface area contributed by atoms with Crippen molar-refractivity contribution in [1.29, 1.82) is 0 Å². The molecule has 3 rings (SSSR count). The van der Waals surface area contributed by atoms with Gasteiger partial charge in [-0.2, -0.15) is 13.2 Å². The fourth-order valence-corrected chi connectivity index (χ4v) is 4.04. The largest absolute Gasteiger partial charge is 0.409 e. The number of aliphatic imine (C=N–C) groups is 1. The molecule has 18 heavy (non-hydrogen) atoms. The smallest absolute Gasteiger partial charge is 0.304 e. The number of rotatable bonds is 1. The van der Waals surface area contributed by atoms with Crippen LogP contribution in [0.4, 0.5) is 13.2 Å². The number of halogens is 3. The number of thioether (sulfide) groups is 1. The quantitative estimate of drug-likeness (QED) is 0.800. The highest BCUT2D eigenvalue weighted by atomic mass is 32.2. The highest BCUT2D eigenvalue weighted by Gasteiger charge is 2.51. The Labute approximate surface area is 107 Å². The molecule has 3 nitrogen and oxygen atoms in total. The van der Waals surface area contributed by atoms with E-state index in [1.165, 1.54) is 6.42 Å². The van der Waals surface area contributed by atoms with Crippen LogP contribution in [-0.2, 0) is 4.79 Å². The molecule has 3 aliphatic rings. The van der Waals surface area contributed by atoms with Crippen LogP contribution in [0.15, 0.2) is 4.99 Å². The van der Waals surface area contributed by atoms with Gasteiger partial charge in [0, 0.05) is 0 Å². The van der Waals surface area contributed by atoms with E-state index in [2.05, 4.69) is 10.3 Å². The average Bonchev–Trinajstić information content (AvgIpc) is 2.92. The molecule has 4 atom stereocenters. The average molecular weight is 278 g/mol. The van der Waals surface area contributed by atoms with E-state index in [0.717, 1.165) is 19.3 Å². The third kappa shape index (κ3) is 2.13. The van der Waals surface area contributed by atoms with Crippen LogP contribution in [0.5, 0.6) is 0 Å². The van der Waals surface area contributed by atoms with Gasteiger partial charge in [0.25, 0.3) is 0 Å². The lowest BCUT2D eigenvalue weighted by Gasteiger charge is -2.17. The summed E-state index contributed by atoms with van der Waals surface area (Å²) in [5.41, 5.74) is 0. The van der Waals surface area contributed by atoms with Crippen molar-refractivity contribution in [2.24, 2.45) is 16.8 Å². The minimum Gasteiger partial charge on any atom is -0.304 e. The Morgan fingerprint density at radius 2 is 2.06 bits per heavy atom. The molecule has 1 N–H and O–H groups in total. The standard InChI is InChI=1S/C11H13F3N2OS/c12-11(13,14)8-9(17)16-10(18-8)15-7-4-5-1-2-6(7)3-5/h5-8H,1-4H2,(H,15,16,17)/t5-,6-,7-,8?/m0/s1. The van der Waals surface area contributed by atoms with E-state index >= 15 is 0 Å². The molecule has 1 unspecified atom stereocenters. The van der Waals surface area contributed by atoms with Gasteiger partial charge in [0.2, 0.25) is 5.91 Å². The minimum atomic E-state index is -4.50. The van der Waals surface area contributed by atoms with E-state index in [1.807, 2.05) is 0 Å². The van der Waals surface area contributed by atoms with Crippen LogP contribution >= 0.6 is 11.8 Å². The van der Waals surface area contributed by atoms with Gasteiger partial charge in [-0.3, -0.25) is 9.79 Å². The molecule has 100 valence electrons. The zero-order chi connectivity index (χ0) is 12.9. The maximum atomic E-state index is 12.5. The summed E-state index contributed by atoms with van der Waals surface area (Å²) in [6.45, 7) is 0. The monoisotopic (exact) mass is 278 g/mol. The maximum absolute atomic E-state index is 12.5. The van der Waals surface area contributed by atoms with Gasteiger partial charge < -0.3 is 5.32 Å². The van der Waals surface area contributed by atoms with E-state index in [0.29, 0.717) is 23.6 Å². The zero-order valence-electron chi connectivity index (χ0n) is 9.54. The first-order valence-electron chi connectivity index (χ1n) is 6.05. The van der Waals surface area contributed by atoms with Crippen molar-refractivity contribution in [1.82, 2.24) is 5.32 Å². The van der Waals surface area contributed by atoms with Crippen LogP contribution in [0.1, 0.15) is 25.7 Å². The Kier molecular flexibility index (Phi) is 2.84. The Balaban J connectivity index is 1.70. The van der Waals surface area contributed by atoms with Gasteiger partial charge in [-0.05, 0) is 31.1 Å². The fourth-order valence-electron chi connectivity index (χ4n) is 3.16. The Bertz CT molecular complexity index is 410. The highest BCUT2D eigenvalue weighted by Crippen LogP contribution is 2.46. The Hall–Kier alpha value is -0.720. The van der Waals surface area contributed by atoms with Crippen LogP contribution in [0, 0.1) is 11.8 Å². The number of carbonyl (C=O) groups is 1. The molecule has 2 aliphatic carbocycles. The van der Waals surface area contributed by atoms with Crippen LogP contribution in [0.3, 0.4) is 0 Å². The number of amides is 1. The molecule has 0 aromatic carbocycles. The molecule has 1 saturated heterocycles. The molecular formula is C11H13F3N2OS. The molecule has 0 spiro atoms. The number of nitrogens with zero attached hydrogens (tertiary/aromatic N) is 1. The Morgan fingerprint density at radius 1 is 1.28 bits per heavy atom. The van der Waals surface area contributed by atoms with E-state index in [4.69, 9.17) is 0 Å². The van der Waals surface area contributed by atoms with Crippen molar-refractivity contribution < 1.29 is 18.0 Å². The van der Waals surface area contributed by atoms with Gasteiger partial charge in [0.15, 0.2) is 10.4 Å². The number of carbonyl (C=O) groups excluding carboxylic acids is 1. The minimum absolute atomic E-state index is 0.110. The first-order valence-corrected chi connectivity index (χ1v) is 6.93. The van der Waals surface area contributed by atoms with E-state index in [-0.39, 0.29) is 11.2 Å². The summed E-state index contributed by atoms with van der Waals surface area (Å²) in [4.78, 5) is 15.6. The Morgan fingerprint density at radius 3 is 2.56 bits per heavy atom. The van der Waals surface area contributed by atoms with Crippen molar-refractivity contribution in [2.75, 3.05) is 0 Å². The summed E-state index contributed by atoms with van der Waals surface area (Å²) in [7, 11) is 0. The summed E-state index contributed by atoms with van der Waals surface area (Å²) >= 11 is 0.504. The first kappa shape index (κ1) is 12.3. The van der Waals surface area contributed by atoms with E-state index in [9.17, 15) is 18.0 Å². The van der Waals surface area contributed by atoms with Gasteiger partial charge in [-0.1, -0.05) is 18.2 Å². The van der Waals surface area contributed by atoms with Crippen molar-refractivity contribution in [3.63, 3.8) is 0 Å². The van der Waals surface area contributed by atoms with Crippen molar-refractivity contribution in [3.8, 4) is 0 Å². The molecular weight excluding hydrogens is 265 g/mol. The predicted octanol–water partition coefficient (Wildman–Crippen LogP) is 2.32. The predicted molar refractivity (Wildman–Crippen MR) is 62.2 cm³/mol. The van der Waals surface area contributed by atoms with Crippen molar-refractivity contribution >= 4 is 22.8 Å². The molecule has 1 heterocycles. The second-order valence-corrected chi connectivity index (χ2v) is 6.30. The second-order valence-electron chi connectivity index (χ2n) is 5.21. The van der Waals surface area contributed by atoms with Crippen LogP contribution < -0.4 is 5.32 Å². The molecule has 1 amide bonds. The molecule has 0 radical (unpaired) electrons. The first-order chi connectivity index (χ1) is 8.43. The number of nitrogens with one attached hydrogen (secondary N) is 1. The number of hydrogen-bond acceptors (Lipinski definition) is 3. The molecule has 3 fully saturated rings. The normalized spacial score (nSPS) is 41.7. The summed E-state index contributed by atoms with van der Waals surface area (Å²) in [6.07, 6.45) is -0.0606.